The van der Waals surface area contributed by atoms with Crippen molar-refractivity contribution in [1.82, 2.24) is 0 Å². The van der Waals surface area contributed by atoms with Gasteiger partial charge in [0.05, 0.1) is 0 Å². The first-order valence-corrected chi connectivity index (χ1v) is 7.16. The second-order valence-electron chi connectivity index (χ2n) is 5.46. The second kappa shape index (κ2) is 6.58. The number of nitrogens with two attached hydrogens (primary N) is 1. The zero-order chi connectivity index (χ0) is 14.5. The molecule has 2 aromatic carbocycles. The van der Waals surface area contributed by atoms with Gasteiger partial charge in [-0.3, -0.25) is 0 Å². The lowest BCUT2D eigenvalue weighted by molar-refractivity contribution is 0.874. The lowest BCUT2D eigenvalue weighted by atomic mass is 10.0. The van der Waals surface area contributed by atoms with E-state index in [1.165, 1.54) is 27.9 Å². The molecule has 0 aromatic heterocycles. The average Bonchev–Trinajstić information content (AvgIpc) is 2.48. The third kappa shape index (κ3) is 3.61. The van der Waals surface area contributed by atoms with E-state index in [4.69, 9.17) is 5.73 Å². The molecular formula is C18H24N2. The van der Waals surface area contributed by atoms with Crippen LogP contribution < -0.4 is 10.6 Å². The summed E-state index contributed by atoms with van der Waals surface area (Å²) in [6, 6.07) is 15.2. The Balaban J connectivity index is 1.96. The maximum Gasteiger partial charge on any atom is 0.0363 e. The molecule has 0 unspecified atom stereocenters. The maximum absolute atomic E-state index is 5.62. The largest absolute Gasteiger partial charge is 0.374 e. The molecule has 0 heterocycles. The minimum atomic E-state index is 0.604. The van der Waals surface area contributed by atoms with E-state index >= 15 is 0 Å². The number of benzene rings is 2. The monoisotopic (exact) mass is 268 g/mol. The van der Waals surface area contributed by atoms with E-state index in [2.05, 4.69) is 68.3 Å². The van der Waals surface area contributed by atoms with Gasteiger partial charge in [0, 0.05) is 25.8 Å². The van der Waals surface area contributed by atoms with E-state index in [1.54, 1.807) is 0 Å². The number of anilines is 1. The highest BCUT2D eigenvalue weighted by molar-refractivity contribution is 5.47. The summed E-state index contributed by atoms with van der Waals surface area (Å²) in [5.41, 5.74) is 12.2. The molecule has 2 heteroatoms. The molecule has 0 aliphatic carbocycles. The van der Waals surface area contributed by atoms with E-state index in [9.17, 15) is 0 Å². The van der Waals surface area contributed by atoms with Crippen LogP contribution in [0.15, 0.2) is 42.5 Å². The Morgan fingerprint density at radius 2 is 1.55 bits per heavy atom. The van der Waals surface area contributed by atoms with Crippen LogP contribution in [0.5, 0.6) is 0 Å². The van der Waals surface area contributed by atoms with Crippen molar-refractivity contribution in [2.75, 3.05) is 18.5 Å². The molecule has 0 saturated heterocycles. The molecule has 2 nitrogen and oxygen atoms in total. The van der Waals surface area contributed by atoms with Crippen LogP contribution in [0.1, 0.15) is 22.3 Å². The van der Waals surface area contributed by atoms with Gasteiger partial charge in [-0.1, -0.05) is 30.3 Å². The van der Waals surface area contributed by atoms with Gasteiger partial charge in [-0.25, -0.2) is 0 Å². The third-order valence-corrected chi connectivity index (χ3v) is 3.92. The van der Waals surface area contributed by atoms with Gasteiger partial charge in [0.15, 0.2) is 0 Å². The van der Waals surface area contributed by atoms with E-state index < -0.39 is 0 Å². The predicted molar refractivity (Wildman–Crippen MR) is 87.2 cm³/mol. The molecule has 0 spiro atoms. The highest BCUT2D eigenvalue weighted by Crippen LogP contribution is 2.15. The molecule has 20 heavy (non-hydrogen) atoms. The van der Waals surface area contributed by atoms with Crippen LogP contribution >= 0.6 is 0 Å². The van der Waals surface area contributed by atoms with Gasteiger partial charge >= 0.3 is 0 Å². The van der Waals surface area contributed by atoms with Gasteiger partial charge < -0.3 is 10.6 Å². The normalized spacial score (nSPS) is 10.6. The summed E-state index contributed by atoms with van der Waals surface area (Å²) in [6.07, 6.45) is 1.07. The van der Waals surface area contributed by atoms with Gasteiger partial charge in [0.1, 0.15) is 0 Å². The summed E-state index contributed by atoms with van der Waals surface area (Å²) in [6.45, 7) is 5.95. The summed E-state index contributed by atoms with van der Waals surface area (Å²) in [4.78, 5) is 2.29. The molecule has 2 aromatic rings. The lowest BCUT2D eigenvalue weighted by Gasteiger charge is -2.20. The smallest absolute Gasteiger partial charge is 0.0363 e. The van der Waals surface area contributed by atoms with E-state index in [0.717, 1.165) is 13.0 Å². The Bertz CT molecular complexity index is 558. The van der Waals surface area contributed by atoms with Gasteiger partial charge in [-0.05, 0) is 54.7 Å². The molecule has 0 atom stereocenters. The van der Waals surface area contributed by atoms with Crippen LogP contribution in [0.4, 0.5) is 5.69 Å². The first-order valence-electron chi connectivity index (χ1n) is 7.16. The minimum Gasteiger partial charge on any atom is -0.374 e. The second-order valence-corrected chi connectivity index (χ2v) is 5.46. The fourth-order valence-electron chi connectivity index (χ4n) is 2.27. The highest BCUT2D eigenvalue weighted by atomic mass is 15.1. The van der Waals surface area contributed by atoms with Crippen molar-refractivity contribution in [3.8, 4) is 0 Å². The molecule has 0 fully saturated rings. The molecule has 0 aliphatic rings. The molecule has 2 rings (SSSR count). The minimum absolute atomic E-state index is 0.604. The molecule has 0 amide bonds. The van der Waals surface area contributed by atoms with Crippen molar-refractivity contribution >= 4 is 5.69 Å². The van der Waals surface area contributed by atoms with Crippen molar-refractivity contribution in [3.63, 3.8) is 0 Å². The van der Waals surface area contributed by atoms with Crippen LogP contribution in [0.2, 0.25) is 0 Å². The number of hydrogen-bond donors (Lipinski definition) is 1. The van der Waals surface area contributed by atoms with E-state index in [1.807, 2.05) is 0 Å². The number of nitrogens with zero attached hydrogens (tertiary/aromatic N) is 1. The van der Waals surface area contributed by atoms with Crippen molar-refractivity contribution in [2.24, 2.45) is 5.73 Å². The van der Waals surface area contributed by atoms with Crippen LogP contribution in [0, 0.1) is 13.8 Å². The summed E-state index contributed by atoms with van der Waals surface area (Å²) in [7, 11) is 2.14. The molecular weight excluding hydrogens is 244 g/mol. The van der Waals surface area contributed by atoms with E-state index in [0.29, 0.717) is 6.54 Å². The Morgan fingerprint density at radius 3 is 2.15 bits per heavy atom. The standard InChI is InChI=1S/C18H24N2/c1-14-4-5-16(12-15(14)2)10-11-20(3)18-8-6-17(13-19)7-9-18/h4-9,12H,10-11,13,19H2,1-3H3. The predicted octanol–water partition coefficient (Wildman–Crippen LogP) is 3.44. The fraction of sp³-hybridized carbons (Fsp3) is 0.333. The number of aryl methyl sites for hydroxylation is 2. The molecule has 0 radical (unpaired) electrons. The van der Waals surface area contributed by atoms with Gasteiger partial charge in [-0.2, -0.15) is 0 Å². The zero-order valence-electron chi connectivity index (χ0n) is 12.7. The van der Waals surface area contributed by atoms with Gasteiger partial charge in [0.25, 0.3) is 0 Å². The molecule has 0 saturated carbocycles. The number of rotatable bonds is 5. The van der Waals surface area contributed by atoms with Crippen LogP contribution in [0.25, 0.3) is 0 Å². The number of likely N-dealkylation sites (N-methyl/N-ethyl adjacent to an activating group) is 1. The Morgan fingerprint density at radius 1 is 0.900 bits per heavy atom. The SMILES string of the molecule is Cc1ccc(CCN(C)c2ccc(CN)cc2)cc1C. The van der Waals surface area contributed by atoms with Crippen LogP contribution in [-0.4, -0.2) is 13.6 Å². The van der Waals surface area contributed by atoms with Crippen LogP contribution in [0.3, 0.4) is 0 Å². The molecule has 0 bridgehead atoms. The van der Waals surface area contributed by atoms with Crippen molar-refractivity contribution < 1.29 is 0 Å². The third-order valence-electron chi connectivity index (χ3n) is 3.92. The Kier molecular flexibility index (Phi) is 4.80. The van der Waals surface area contributed by atoms with E-state index in [-0.39, 0.29) is 0 Å². The lowest BCUT2D eigenvalue weighted by Crippen LogP contribution is -2.20. The first kappa shape index (κ1) is 14.6. The van der Waals surface area contributed by atoms with Crippen molar-refractivity contribution in [3.05, 3.63) is 64.7 Å². The average molecular weight is 268 g/mol. The van der Waals surface area contributed by atoms with Gasteiger partial charge in [0.2, 0.25) is 0 Å². The Hall–Kier alpha value is -1.80. The zero-order valence-corrected chi connectivity index (χ0v) is 12.7. The van der Waals surface area contributed by atoms with Crippen molar-refractivity contribution in [1.29, 1.82) is 0 Å². The topological polar surface area (TPSA) is 29.3 Å². The highest BCUT2D eigenvalue weighted by Gasteiger charge is 2.02. The summed E-state index contributed by atoms with van der Waals surface area (Å²) >= 11 is 0. The summed E-state index contributed by atoms with van der Waals surface area (Å²) in [5.74, 6) is 0. The van der Waals surface area contributed by atoms with Crippen molar-refractivity contribution in [2.45, 2.75) is 26.8 Å². The summed E-state index contributed by atoms with van der Waals surface area (Å²) in [5, 5.41) is 0. The number of hydrogen-bond acceptors (Lipinski definition) is 2. The van der Waals surface area contributed by atoms with Gasteiger partial charge in [-0.15, -0.1) is 0 Å². The molecule has 0 aliphatic heterocycles. The first-order chi connectivity index (χ1) is 9.60. The maximum atomic E-state index is 5.62. The summed E-state index contributed by atoms with van der Waals surface area (Å²) < 4.78 is 0. The Labute approximate surface area is 122 Å². The molecule has 106 valence electrons. The quantitative estimate of drug-likeness (QED) is 0.900. The van der Waals surface area contributed by atoms with Crippen LogP contribution in [-0.2, 0) is 13.0 Å². The molecule has 2 N–H and O–H groups in total. The fourth-order valence-corrected chi connectivity index (χ4v) is 2.27.